The third-order valence-corrected chi connectivity index (χ3v) is 2.64. The number of aliphatic imine (C=N–C) groups is 1. The van der Waals surface area contributed by atoms with Crippen LogP contribution in [0.2, 0.25) is 0 Å². The normalized spacial score (nSPS) is 12.9. The lowest BCUT2D eigenvalue weighted by molar-refractivity contribution is -0.0928. The summed E-state index contributed by atoms with van der Waals surface area (Å²) in [4.78, 5) is 9.74. The van der Waals surface area contributed by atoms with E-state index in [1.54, 1.807) is 12.1 Å². The predicted octanol–water partition coefficient (Wildman–Crippen LogP) is 1.65. The Kier molecular flexibility index (Phi) is 6.16. The molecule has 8 heteroatoms. The van der Waals surface area contributed by atoms with E-state index in [0.717, 1.165) is 12.4 Å². The summed E-state index contributed by atoms with van der Waals surface area (Å²) in [7, 11) is 0. The molecule has 0 aromatic carbocycles. The second-order valence-electron chi connectivity index (χ2n) is 4.18. The van der Waals surface area contributed by atoms with Crippen LogP contribution in [0.1, 0.15) is 12.5 Å². The summed E-state index contributed by atoms with van der Waals surface area (Å²) in [6.07, 6.45) is -1.21. The van der Waals surface area contributed by atoms with Crippen LogP contribution in [0.3, 0.4) is 0 Å². The number of alkyl halides is 3. The number of pyridine rings is 1. The van der Waals surface area contributed by atoms with Crippen LogP contribution in [0.25, 0.3) is 0 Å². The average Bonchev–Trinajstić information content (AvgIpc) is 2.44. The molecule has 0 aliphatic rings. The van der Waals surface area contributed by atoms with Crippen molar-refractivity contribution in [2.45, 2.75) is 13.1 Å². The van der Waals surface area contributed by atoms with Crippen molar-refractivity contribution in [3.05, 3.63) is 35.8 Å². The quantitative estimate of drug-likeness (QED) is 0.783. The van der Waals surface area contributed by atoms with Gasteiger partial charge in [0.2, 0.25) is 0 Å². The van der Waals surface area contributed by atoms with Crippen molar-refractivity contribution in [3.63, 3.8) is 0 Å². The first-order valence-corrected chi connectivity index (χ1v) is 6.35. The number of nitrogens with two attached hydrogens (primary N) is 2. The molecule has 4 N–H and O–H groups in total. The van der Waals surface area contributed by atoms with Crippen LogP contribution < -0.4 is 16.4 Å². The van der Waals surface area contributed by atoms with Gasteiger partial charge in [0.05, 0.1) is 6.20 Å². The van der Waals surface area contributed by atoms with Crippen LogP contribution in [-0.2, 0) is 0 Å². The van der Waals surface area contributed by atoms with Gasteiger partial charge in [0.1, 0.15) is 11.5 Å². The number of likely N-dealkylation sites (N-methyl/N-ethyl adjacent to an activating group) is 1. The minimum absolute atomic E-state index is 0.514. The molecular formula is C13H18F3N5. The zero-order valence-electron chi connectivity index (χ0n) is 11.6. The van der Waals surface area contributed by atoms with Gasteiger partial charge < -0.3 is 16.4 Å². The van der Waals surface area contributed by atoms with Crippen molar-refractivity contribution in [2.75, 3.05) is 24.5 Å². The van der Waals surface area contributed by atoms with Gasteiger partial charge in [-0.2, -0.15) is 13.2 Å². The second kappa shape index (κ2) is 7.63. The largest absolute Gasteiger partial charge is 0.432 e. The summed E-state index contributed by atoms with van der Waals surface area (Å²) >= 11 is 0. The van der Waals surface area contributed by atoms with Gasteiger partial charge in [-0.3, -0.25) is 4.99 Å². The molecule has 0 amide bonds. The Balaban J connectivity index is 2.75. The molecule has 0 aliphatic carbocycles. The van der Waals surface area contributed by atoms with E-state index in [1.807, 2.05) is 11.8 Å². The highest BCUT2D eigenvalue weighted by Gasteiger charge is 2.31. The summed E-state index contributed by atoms with van der Waals surface area (Å²) < 4.78 is 36.4. The Morgan fingerprint density at radius 2 is 2.14 bits per heavy atom. The van der Waals surface area contributed by atoms with Crippen LogP contribution in [0.15, 0.2) is 35.2 Å². The summed E-state index contributed by atoms with van der Waals surface area (Å²) in [6.45, 7) is 3.95. The lowest BCUT2D eigenvalue weighted by atomic mass is 10.3. The lowest BCUT2D eigenvalue weighted by Gasteiger charge is -2.20. The van der Waals surface area contributed by atoms with Crippen molar-refractivity contribution in [1.82, 2.24) is 4.98 Å². The van der Waals surface area contributed by atoms with E-state index in [2.05, 4.69) is 9.98 Å². The Morgan fingerprint density at radius 1 is 1.43 bits per heavy atom. The molecule has 0 radical (unpaired) electrons. The number of allylic oxidation sites excluding steroid dienone is 1. The highest BCUT2D eigenvalue weighted by molar-refractivity contribution is 5.79. The first-order chi connectivity index (χ1) is 9.88. The van der Waals surface area contributed by atoms with Gasteiger partial charge >= 0.3 is 6.18 Å². The molecule has 0 fully saturated rings. The molecule has 1 aromatic rings. The van der Waals surface area contributed by atoms with Crippen molar-refractivity contribution in [1.29, 1.82) is 0 Å². The molecule has 1 heterocycles. The molecule has 0 atom stereocenters. The Labute approximate surface area is 121 Å². The number of anilines is 1. The first kappa shape index (κ1) is 17.0. The van der Waals surface area contributed by atoms with Gasteiger partial charge in [0, 0.05) is 37.6 Å². The number of halogens is 3. The number of rotatable bonds is 6. The van der Waals surface area contributed by atoms with E-state index in [0.29, 0.717) is 24.9 Å². The van der Waals surface area contributed by atoms with E-state index in [1.165, 1.54) is 12.4 Å². The van der Waals surface area contributed by atoms with Crippen LogP contribution in [0.5, 0.6) is 0 Å². The summed E-state index contributed by atoms with van der Waals surface area (Å²) in [5.41, 5.74) is 9.65. The van der Waals surface area contributed by atoms with Crippen LogP contribution >= 0.6 is 0 Å². The molecule has 1 aromatic heterocycles. The van der Waals surface area contributed by atoms with E-state index in [9.17, 15) is 13.2 Å². The van der Waals surface area contributed by atoms with Crippen molar-refractivity contribution >= 4 is 12.0 Å². The molecule has 0 saturated carbocycles. The van der Waals surface area contributed by atoms with E-state index in [4.69, 9.17) is 11.5 Å². The maximum atomic E-state index is 12.1. The Bertz CT molecular complexity index is 494. The molecular weight excluding hydrogens is 283 g/mol. The lowest BCUT2D eigenvalue weighted by Crippen LogP contribution is -2.29. The number of nitrogens with zero attached hydrogens (tertiary/aromatic N) is 3. The minimum atomic E-state index is -4.57. The van der Waals surface area contributed by atoms with Crippen LogP contribution in [0.4, 0.5) is 19.0 Å². The Hall–Kier alpha value is -2.09. The maximum absolute atomic E-state index is 12.1. The smallest absolute Gasteiger partial charge is 0.393 e. The predicted molar refractivity (Wildman–Crippen MR) is 77.1 cm³/mol. The SMILES string of the molecule is CCN(CCN)c1ccc(C=N/C=C(\N)C(F)(F)F)cn1. The molecule has 0 saturated heterocycles. The van der Waals surface area contributed by atoms with Gasteiger partial charge in [0.25, 0.3) is 0 Å². The van der Waals surface area contributed by atoms with Gasteiger partial charge in [-0.05, 0) is 19.1 Å². The van der Waals surface area contributed by atoms with Crippen molar-refractivity contribution in [2.24, 2.45) is 16.5 Å². The number of hydrogen-bond acceptors (Lipinski definition) is 5. The van der Waals surface area contributed by atoms with Gasteiger partial charge in [-0.15, -0.1) is 0 Å². The average molecular weight is 301 g/mol. The van der Waals surface area contributed by atoms with Gasteiger partial charge in [-0.25, -0.2) is 4.98 Å². The summed E-state index contributed by atoms with van der Waals surface area (Å²) in [5, 5.41) is 0. The zero-order chi connectivity index (χ0) is 15.9. The fourth-order valence-corrected chi connectivity index (χ4v) is 1.53. The summed E-state index contributed by atoms with van der Waals surface area (Å²) in [5.74, 6) is 0.755. The van der Waals surface area contributed by atoms with Crippen LogP contribution in [-0.4, -0.2) is 37.0 Å². The first-order valence-electron chi connectivity index (χ1n) is 6.35. The maximum Gasteiger partial charge on any atom is 0.432 e. The van der Waals surface area contributed by atoms with Gasteiger partial charge in [-0.1, -0.05) is 0 Å². The summed E-state index contributed by atoms with van der Waals surface area (Å²) in [6, 6.07) is 3.47. The molecule has 0 spiro atoms. The molecule has 21 heavy (non-hydrogen) atoms. The number of aromatic nitrogens is 1. The zero-order valence-corrected chi connectivity index (χ0v) is 11.6. The van der Waals surface area contributed by atoms with Crippen LogP contribution in [0, 0.1) is 0 Å². The van der Waals surface area contributed by atoms with Gasteiger partial charge in [0.15, 0.2) is 0 Å². The molecule has 0 aliphatic heterocycles. The van der Waals surface area contributed by atoms with E-state index < -0.39 is 11.9 Å². The molecule has 5 nitrogen and oxygen atoms in total. The monoisotopic (exact) mass is 301 g/mol. The van der Waals surface area contributed by atoms with E-state index >= 15 is 0 Å². The Morgan fingerprint density at radius 3 is 2.62 bits per heavy atom. The van der Waals surface area contributed by atoms with Crippen molar-refractivity contribution < 1.29 is 13.2 Å². The molecule has 0 unspecified atom stereocenters. The second-order valence-corrected chi connectivity index (χ2v) is 4.18. The number of hydrogen-bond donors (Lipinski definition) is 2. The topological polar surface area (TPSA) is 80.5 Å². The fourth-order valence-electron chi connectivity index (χ4n) is 1.53. The highest BCUT2D eigenvalue weighted by Crippen LogP contribution is 2.21. The molecule has 0 bridgehead atoms. The highest BCUT2D eigenvalue weighted by atomic mass is 19.4. The fraction of sp³-hybridized carbons (Fsp3) is 0.385. The standard InChI is InChI=1S/C13H18F3N5/c1-2-21(6-5-17)12-4-3-10(8-20-12)7-19-9-11(18)13(14,15)16/h3-4,7-9H,2,5-6,17-18H2,1H3/b11-9-,19-7?. The minimum Gasteiger partial charge on any atom is -0.393 e. The third-order valence-electron chi connectivity index (χ3n) is 2.64. The molecule has 1 rings (SSSR count). The van der Waals surface area contributed by atoms with Crippen molar-refractivity contribution in [3.8, 4) is 0 Å². The van der Waals surface area contributed by atoms with E-state index in [-0.39, 0.29) is 0 Å². The third kappa shape index (κ3) is 5.42. The molecule has 116 valence electrons.